The highest BCUT2D eigenvalue weighted by atomic mass is 16.6. The van der Waals surface area contributed by atoms with Crippen molar-refractivity contribution in [2.75, 3.05) is 10.6 Å². The molecule has 1 atom stereocenters. The molecule has 0 fully saturated rings. The van der Waals surface area contributed by atoms with Crippen molar-refractivity contribution >= 4 is 29.3 Å². The standard InChI is InChI=1S/C23H28N2O5/c1-14-10-11-15(2)19(12-14)25-20(26)16(3)29-21(27)17-8-7-9-18(13-17)24-22(28)30-23(4,5)6/h7-13,16H,1-6H3,(H,24,28)(H,25,26)/t16-/m0/s1. The van der Waals surface area contributed by atoms with Crippen LogP contribution in [0.5, 0.6) is 0 Å². The Bertz CT molecular complexity index is 947. The molecule has 0 spiro atoms. The minimum atomic E-state index is -1.00. The lowest BCUT2D eigenvalue weighted by molar-refractivity contribution is -0.123. The molecular weight excluding hydrogens is 384 g/mol. The summed E-state index contributed by atoms with van der Waals surface area (Å²) in [5.41, 5.74) is 2.54. The number of benzene rings is 2. The average molecular weight is 412 g/mol. The van der Waals surface area contributed by atoms with Crippen molar-refractivity contribution in [3.8, 4) is 0 Å². The maximum atomic E-state index is 12.5. The van der Waals surface area contributed by atoms with Crippen molar-refractivity contribution in [3.05, 3.63) is 59.2 Å². The molecular formula is C23H28N2O5. The largest absolute Gasteiger partial charge is 0.449 e. The predicted molar refractivity (Wildman–Crippen MR) is 116 cm³/mol. The highest BCUT2D eigenvalue weighted by molar-refractivity contribution is 5.98. The predicted octanol–water partition coefficient (Wildman–Crippen LogP) is 4.83. The smallest absolute Gasteiger partial charge is 0.412 e. The molecule has 0 radical (unpaired) electrons. The molecule has 30 heavy (non-hydrogen) atoms. The second-order valence-corrected chi connectivity index (χ2v) is 8.06. The van der Waals surface area contributed by atoms with E-state index in [0.29, 0.717) is 11.4 Å². The van der Waals surface area contributed by atoms with Gasteiger partial charge < -0.3 is 14.8 Å². The third-order valence-electron chi connectivity index (χ3n) is 4.05. The van der Waals surface area contributed by atoms with Crippen molar-refractivity contribution in [3.63, 3.8) is 0 Å². The van der Waals surface area contributed by atoms with Crippen LogP contribution in [0.15, 0.2) is 42.5 Å². The number of amides is 2. The Labute approximate surface area is 176 Å². The molecule has 7 nitrogen and oxygen atoms in total. The summed E-state index contributed by atoms with van der Waals surface area (Å²) < 4.78 is 10.5. The Hall–Kier alpha value is -3.35. The van der Waals surface area contributed by atoms with Crippen molar-refractivity contribution in [2.24, 2.45) is 0 Å². The maximum absolute atomic E-state index is 12.5. The van der Waals surface area contributed by atoms with Crippen LogP contribution in [-0.4, -0.2) is 29.7 Å². The van der Waals surface area contributed by atoms with Crippen molar-refractivity contribution in [1.82, 2.24) is 0 Å². The van der Waals surface area contributed by atoms with Gasteiger partial charge in [-0.1, -0.05) is 18.2 Å². The molecule has 160 valence electrons. The molecule has 0 saturated heterocycles. The Morgan fingerprint density at radius 1 is 0.967 bits per heavy atom. The molecule has 0 aromatic heterocycles. The van der Waals surface area contributed by atoms with Gasteiger partial charge in [0.2, 0.25) is 0 Å². The number of carbonyl (C=O) groups is 3. The van der Waals surface area contributed by atoms with Gasteiger partial charge in [0.05, 0.1) is 5.56 Å². The summed E-state index contributed by atoms with van der Waals surface area (Å²) in [7, 11) is 0. The van der Waals surface area contributed by atoms with E-state index in [1.54, 1.807) is 32.9 Å². The Balaban J connectivity index is 2.00. The van der Waals surface area contributed by atoms with Gasteiger partial charge in [-0.25, -0.2) is 9.59 Å². The first-order valence-electron chi connectivity index (χ1n) is 9.64. The van der Waals surface area contributed by atoms with Crippen molar-refractivity contribution in [2.45, 2.75) is 53.2 Å². The SMILES string of the molecule is Cc1ccc(C)c(NC(=O)[C@H](C)OC(=O)c2cccc(NC(=O)OC(C)(C)C)c2)c1. The quantitative estimate of drug-likeness (QED) is 0.686. The first kappa shape index (κ1) is 22.9. The van der Waals surface area contributed by atoms with Crippen LogP contribution in [0.25, 0.3) is 0 Å². The molecule has 2 amide bonds. The van der Waals surface area contributed by atoms with Crippen LogP contribution in [0.3, 0.4) is 0 Å². The number of rotatable bonds is 5. The Morgan fingerprint density at radius 2 is 1.67 bits per heavy atom. The second kappa shape index (κ2) is 9.43. The van der Waals surface area contributed by atoms with Gasteiger partial charge in [-0.15, -0.1) is 0 Å². The number of hydrogen-bond donors (Lipinski definition) is 2. The van der Waals surface area contributed by atoms with Gasteiger partial charge in [-0.3, -0.25) is 10.1 Å². The van der Waals surface area contributed by atoms with Gasteiger partial charge in [0, 0.05) is 11.4 Å². The Kier molecular flexibility index (Phi) is 7.21. The number of anilines is 2. The van der Waals surface area contributed by atoms with E-state index in [0.717, 1.165) is 11.1 Å². The first-order chi connectivity index (χ1) is 13.9. The highest BCUT2D eigenvalue weighted by Crippen LogP contribution is 2.18. The molecule has 2 rings (SSSR count). The molecule has 0 aliphatic rings. The molecule has 0 heterocycles. The number of ether oxygens (including phenoxy) is 2. The van der Waals surface area contributed by atoms with Crippen LogP contribution in [-0.2, 0) is 14.3 Å². The average Bonchev–Trinajstić information content (AvgIpc) is 2.63. The van der Waals surface area contributed by atoms with Crippen molar-refractivity contribution in [1.29, 1.82) is 0 Å². The van der Waals surface area contributed by atoms with E-state index in [2.05, 4.69) is 10.6 Å². The molecule has 0 saturated carbocycles. The zero-order chi connectivity index (χ0) is 22.5. The molecule has 2 aromatic carbocycles. The van der Waals surface area contributed by atoms with Crippen LogP contribution in [0.2, 0.25) is 0 Å². The third-order valence-corrected chi connectivity index (χ3v) is 4.05. The van der Waals surface area contributed by atoms with Crippen LogP contribution >= 0.6 is 0 Å². The number of hydrogen-bond acceptors (Lipinski definition) is 5. The van der Waals surface area contributed by atoms with Gasteiger partial charge in [0.1, 0.15) is 5.60 Å². The topological polar surface area (TPSA) is 93.7 Å². The van der Waals surface area contributed by atoms with Gasteiger partial charge in [-0.05, 0) is 76.9 Å². The zero-order valence-corrected chi connectivity index (χ0v) is 18.2. The summed E-state index contributed by atoms with van der Waals surface area (Å²) in [6.45, 7) is 10.6. The number of carbonyl (C=O) groups excluding carboxylic acids is 3. The normalized spacial score (nSPS) is 11.9. The van der Waals surface area contributed by atoms with Gasteiger partial charge in [0.15, 0.2) is 6.10 Å². The monoisotopic (exact) mass is 412 g/mol. The fraction of sp³-hybridized carbons (Fsp3) is 0.348. The summed E-state index contributed by atoms with van der Waals surface area (Å²) in [5.74, 6) is -1.11. The van der Waals surface area contributed by atoms with Crippen LogP contribution in [0, 0.1) is 13.8 Å². The van der Waals surface area contributed by atoms with E-state index in [4.69, 9.17) is 9.47 Å². The van der Waals surface area contributed by atoms with E-state index < -0.39 is 29.7 Å². The first-order valence-corrected chi connectivity index (χ1v) is 9.64. The summed E-state index contributed by atoms with van der Waals surface area (Å²) in [6, 6.07) is 11.9. The third kappa shape index (κ3) is 6.92. The second-order valence-electron chi connectivity index (χ2n) is 8.06. The molecule has 0 aliphatic carbocycles. The molecule has 0 unspecified atom stereocenters. The minimum absolute atomic E-state index is 0.204. The minimum Gasteiger partial charge on any atom is -0.449 e. The summed E-state index contributed by atoms with van der Waals surface area (Å²) >= 11 is 0. The van der Waals surface area contributed by atoms with Crippen LogP contribution < -0.4 is 10.6 Å². The number of esters is 1. The van der Waals surface area contributed by atoms with Crippen LogP contribution in [0.4, 0.5) is 16.2 Å². The fourth-order valence-corrected chi connectivity index (χ4v) is 2.53. The number of aryl methyl sites for hydroxylation is 2. The Morgan fingerprint density at radius 3 is 2.33 bits per heavy atom. The van der Waals surface area contributed by atoms with E-state index in [-0.39, 0.29) is 5.56 Å². The summed E-state index contributed by atoms with van der Waals surface area (Å²) in [5, 5.41) is 5.34. The summed E-state index contributed by atoms with van der Waals surface area (Å²) in [4.78, 5) is 36.8. The van der Waals surface area contributed by atoms with Gasteiger partial charge >= 0.3 is 12.1 Å². The lowest BCUT2D eigenvalue weighted by Crippen LogP contribution is -2.30. The molecule has 0 bridgehead atoms. The van der Waals surface area contributed by atoms with Gasteiger partial charge in [0.25, 0.3) is 5.91 Å². The summed E-state index contributed by atoms with van der Waals surface area (Å²) in [6.07, 6.45) is -1.63. The zero-order valence-electron chi connectivity index (χ0n) is 18.2. The van der Waals surface area contributed by atoms with Crippen LogP contribution in [0.1, 0.15) is 49.2 Å². The van der Waals surface area contributed by atoms with E-state index in [1.165, 1.54) is 19.1 Å². The molecule has 0 aliphatic heterocycles. The van der Waals surface area contributed by atoms with Crippen molar-refractivity contribution < 1.29 is 23.9 Å². The fourth-order valence-electron chi connectivity index (χ4n) is 2.53. The van der Waals surface area contributed by atoms with E-state index in [1.807, 2.05) is 32.0 Å². The highest BCUT2D eigenvalue weighted by Gasteiger charge is 2.21. The molecule has 7 heteroatoms. The van der Waals surface area contributed by atoms with E-state index >= 15 is 0 Å². The lowest BCUT2D eigenvalue weighted by atomic mass is 10.1. The maximum Gasteiger partial charge on any atom is 0.412 e. The number of nitrogens with one attached hydrogen (secondary N) is 2. The molecule has 2 N–H and O–H groups in total. The van der Waals surface area contributed by atoms with E-state index in [9.17, 15) is 14.4 Å². The van der Waals surface area contributed by atoms with Gasteiger partial charge in [-0.2, -0.15) is 0 Å². The lowest BCUT2D eigenvalue weighted by Gasteiger charge is -2.19. The molecule has 2 aromatic rings.